The number of carboxylic acids is 1. The van der Waals surface area contributed by atoms with Crippen LogP contribution >= 0.6 is 0 Å². The van der Waals surface area contributed by atoms with Crippen molar-refractivity contribution in [2.45, 2.75) is 26.2 Å². The molecule has 2 aliphatic rings. The molecule has 0 aliphatic carbocycles. The van der Waals surface area contributed by atoms with E-state index in [0.717, 1.165) is 6.42 Å². The molecule has 2 amide bonds. The number of carboxylic acid groups (broad SMARTS) is 1. The van der Waals surface area contributed by atoms with E-state index in [9.17, 15) is 19.5 Å². The summed E-state index contributed by atoms with van der Waals surface area (Å²) < 4.78 is 5.11. The van der Waals surface area contributed by atoms with Crippen molar-refractivity contribution >= 4 is 17.8 Å². The van der Waals surface area contributed by atoms with Crippen molar-refractivity contribution in [1.29, 1.82) is 0 Å². The molecule has 0 bridgehead atoms. The minimum absolute atomic E-state index is 0.0694. The standard InChI is InChI=1S/C21H28N2O5/c1-20(18(25)23-12-10-21(14-23,15-28-2)19(26)27)9-6-11-22(13-20)17(24)16-7-4-3-5-8-16/h3-5,7-8H,6,9-15H2,1-2H3,(H,26,27). The first-order valence-electron chi connectivity index (χ1n) is 9.67. The van der Waals surface area contributed by atoms with Gasteiger partial charge >= 0.3 is 5.97 Å². The topological polar surface area (TPSA) is 87.2 Å². The first kappa shape index (κ1) is 20.3. The number of carbonyl (C=O) groups is 3. The molecule has 0 aromatic heterocycles. The zero-order chi connectivity index (χ0) is 20.4. The van der Waals surface area contributed by atoms with Crippen LogP contribution in [-0.4, -0.2) is 72.6 Å². The van der Waals surface area contributed by atoms with Crippen LogP contribution in [0.1, 0.15) is 36.5 Å². The lowest BCUT2D eigenvalue weighted by molar-refractivity contribution is -0.152. The molecule has 1 aromatic carbocycles. The van der Waals surface area contributed by atoms with E-state index in [-0.39, 0.29) is 25.0 Å². The molecular weight excluding hydrogens is 360 g/mol. The van der Waals surface area contributed by atoms with E-state index in [2.05, 4.69) is 0 Å². The molecule has 152 valence electrons. The molecular formula is C21H28N2O5. The summed E-state index contributed by atoms with van der Waals surface area (Å²) in [6.45, 7) is 3.49. The van der Waals surface area contributed by atoms with Gasteiger partial charge in [0.25, 0.3) is 5.91 Å². The fraction of sp³-hybridized carbons (Fsp3) is 0.571. The van der Waals surface area contributed by atoms with Gasteiger partial charge in [0.2, 0.25) is 5.91 Å². The van der Waals surface area contributed by atoms with Crippen molar-refractivity contribution in [3.63, 3.8) is 0 Å². The van der Waals surface area contributed by atoms with Crippen LogP contribution < -0.4 is 0 Å². The summed E-state index contributed by atoms with van der Waals surface area (Å²) in [4.78, 5) is 41.3. The quantitative estimate of drug-likeness (QED) is 0.832. The highest BCUT2D eigenvalue weighted by Crippen LogP contribution is 2.37. The average Bonchev–Trinajstić information content (AvgIpc) is 3.13. The number of methoxy groups -OCH3 is 1. The number of hydrogen-bond donors (Lipinski definition) is 1. The Hall–Kier alpha value is -2.41. The summed E-state index contributed by atoms with van der Waals surface area (Å²) in [5.74, 6) is -1.07. The van der Waals surface area contributed by atoms with Crippen LogP contribution in [0.4, 0.5) is 0 Å². The van der Waals surface area contributed by atoms with Crippen molar-refractivity contribution in [3.8, 4) is 0 Å². The van der Waals surface area contributed by atoms with Crippen LogP contribution in [0.15, 0.2) is 30.3 Å². The van der Waals surface area contributed by atoms with Crippen molar-refractivity contribution in [2.24, 2.45) is 10.8 Å². The van der Waals surface area contributed by atoms with Gasteiger partial charge in [-0.15, -0.1) is 0 Å². The first-order chi connectivity index (χ1) is 13.3. The van der Waals surface area contributed by atoms with E-state index >= 15 is 0 Å². The molecule has 2 aliphatic heterocycles. The smallest absolute Gasteiger partial charge is 0.313 e. The molecule has 2 unspecified atom stereocenters. The molecule has 1 aromatic rings. The molecule has 3 rings (SSSR count). The lowest BCUT2D eigenvalue weighted by Gasteiger charge is -2.41. The summed E-state index contributed by atoms with van der Waals surface area (Å²) in [5.41, 5.74) is -1.13. The monoisotopic (exact) mass is 388 g/mol. The minimum Gasteiger partial charge on any atom is -0.481 e. The molecule has 2 atom stereocenters. The number of rotatable bonds is 5. The van der Waals surface area contributed by atoms with Gasteiger partial charge in [-0.2, -0.15) is 0 Å². The van der Waals surface area contributed by atoms with Crippen molar-refractivity contribution in [1.82, 2.24) is 9.80 Å². The van der Waals surface area contributed by atoms with Gasteiger partial charge in [-0.3, -0.25) is 14.4 Å². The molecule has 28 heavy (non-hydrogen) atoms. The lowest BCUT2D eigenvalue weighted by atomic mass is 9.80. The Bertz CT molecular complexity index is 752. The predicted molar refractivity (Wildman–Crippen MR) is 103 cm³/mol. The third kappa shape index (κ3) is 3.76. The third-order valence-electron chi connectivity index (χ3n) is 6.04. The molecule has 0 spiro atoms. The van der Waals surface area contributed by atoms with Gasteiger partial charge in [0.1, 0.15) is 5.41 Å². The van der Waals surface area contributed by atoms with Gasteiger partial charge in [0.05, 0.1) is 12.0 Å². The van der Waals surface area contributed by atoms with Crippen LogP contribution in [0.5, 0.6) is 0 Å². The molecule has 0 radical (unpaired) electrons. The summed E-state index contributed by atoms with van der Waals surface area (Å²) in [6.07, 6.45) is 1.81. The van der Waals surface area contributed by atoms with Gasteiger partial charge in [0.15, 0.2) is 0 Å². The van der Waals surface area contributed by atoms with Gasteiger partial charge in [-0.1, -0.05) is 18.2 Å². The third-order valence-corrected chi connectivity index (χ3v) is 6.04. The highest BCUT2D eigenvalue weighted by molar-refractivity contribution is 5.95. The Labute approximate surface area is 165 Å². The van der Waals surface area contributed by atoms with Crippen LogP contribution in [0, 0.1) is 10.8 Å². The second-order valence-electron chi connectivity index (χ2n) is 8.25. The number of ether oxygens (including phenoxy) is 1. The van der Waals surface area contributed by atoms with E-state index in [1.54, 1.807) is 21.9 Å². The Kier molecular flexibility index (Phi) is 5.74. The maximum Gasteiger partial charge on any atom is 0.313 e. The second-order valence-corrected chi connectivity index (χ2v) is 8.25. The number of carbonyl (C=O) groups excluding carboxylic acids is 2. The average molecular weight is 388 g/mol. The number of piperidine rings is 1. The highest BCUT2D eigenvalue weighted by atomic mass is 16.5. The van der Waals surface area contributed by atoms with E-state index in [4.69, 9.17) is 4.74 Å². The normalized spacial score (nSPS) is 27.6. The van der Waals surface area contributed by atoms with Gasteiger partial charge in [-0.05, 0) is 38.3 Å². The summed E-state index contributed by atoms with van der Waals surface area (Å²) in [5, 5.41) is 9.64. The molecule has 0 saturated carbocycles. The molecule has 2 saturated heterocycles. The maximum atomic E-state index is 13.3. The number of nitrogens with zero attached hydrogens (tertiary/aromatic N) is 2. The van der Waals surface area contributed by atoms with E-state index in [1.807, 2.05) is 25.1 Å². The van der Waals surface area contributed by atoms with E-state index < -0.39 is 16.8 Å². The Balaban J connectivity index is 1.72. The molecule has 7 heteroatoms. The largest absolute Gasteiger partial charge is 0.481 e. The van der Waals surface area contributed by atoms with Gasteiger partial charge in [-0.25, -0.2) is 0 Å². The van der Waals surface area contributed by atoms with Crippen LogP contribution in [0.3, 0.4) is 0 Å². The lowest BCUT2D eigenvalue weighted by Crippen LogP contribution is -2.53. The van der Waals surface area contributed by atoms with E-state index in [1.165, 1.54) is 7.11 Å². The van der Waals surface area contributed by atoms with Gasteiger partial charge < -0.3 is 19.6 Å². The summed E-state index contributed by atoms with van der Waals surface area (Å²) >= 11 is 0. The first-order valence-corrected chi connectivity index (χ1v) is 9.67. The van der Waals surface area contributed by atoms with E-state index in [0.29, 0.717) is 38.0 Å². The zero-order valence-electron chi connectivity index (χ0n) is 16.5. The SMILES string of the molecule is COCC1(C(=O)O)CCN(C(=O)C2(C)CCCN(C(=O)c3ccccc3)C2)C1. The Morgan fingerprint density at radius 1 is 1.07 bits per heavy atom. The minimum atomic E-state index is -1.05. The number of likely N-dealkylation sites (tertiary alicyclic amines) is 2. The van der Waals surface area contributed by atoms with Crippen LogP contribution in [0.2, 0.25) is 0 Å². The number of benzene rings is 1. The number of amides is 2. The van der Waals surface area contributed by atoms with Crippen molar-refractivity contribution in [3.05, 3.63) is 35.9 Å². The Morgan fingerprint density at radius 2 is 1.79 bits per heavy atom. The zero-order valence-corrected chi connectivity index (χ0v) is 16.5. The number of hydrogen-bond acceptors (Lipinski definition) is 4. The molecule has 2 heterocycles. The molecule has 2 fully saturated rings. The Morgan fingerprint density at radius 3 is 2.43 bits per heavy atom. The van der Waals surface area contributed by atoms with Gasteiger partial charge in [0, 0.05) is 38.9 Å². The maximum absolute atomic E-state index is 13.3. The number of aliphatic carboxylic acids is 1. The molecule has 7 nitrogen and oxygen atoms in total. The van der Waals surface area contributed by atoms with Crippen molar-refractivity contribution < 1.29 is 24.2 Å². The van der Waals surface area contributed by atoms with Crippen LogP contribution in [-0.2, 0) is 14.3 Å². The predicted octanol–water partition coefficient (Wildman–Crippen LogP) is 1.88. The molecule has 1 N–H and O–H groups in total. The highest BCUT2D eigenvalue weighted by Gasteiger charge is 2.50. The second kappa shape index (κ2) is 7.91. The summed E-state index contributed by atoms with van der Waals surface area (Å²) in [7, 11) is 1.48. The fourth-order valence-corrected chi connectivity index (χ4v) is 4.41. The fourth-order valence-electron chi connectivity index (χ4n) is 4.41. The van der Waals surface area contributed by atoms with Crippen molar-refractivity contribution in [2.75, 3.05) is 39.9 Å². The van der Waals surface area contributed by atoms with Crippen LogP contribution in [0.25, 0.3) is 0 Å². The summed E-state index contributed by atoms with van der Waals surface area (Å²) in [6, 6.07) is 9.08.